The van der Waals surface area contributed by atoms with Gasteiger partial charge in [-0.1, -0.05) is 22.0 Å². The predicted molar refractivity (Wildman–Crippen MR) is 73.9 cm³/mol. The van der Waals surface area contributed by atoms with Crippen molar-refractivity contribution < 1.29 is 8.78 Å². The highest BCUT2D eigenvalue weighted by Crippen LogP contribution is 2.27. The minimum atomic E-state index is -0.892. The van der Waals surface area contributed by atoms with E-state index in [1.165, 1.54) is 0 Å². The number of hydrogen-bond donors (Lipinski definition) is 1. The van der Waals surface area contributed by atoms with Crippen molar-refractivity contribution in [2.45, 2.75) is 6.92 Å². The molecule has 0 aliphatic heterocycles. The summed E-state index contributed by atoms with van der Waals surface area (Å²) in [4.78, 5) is 7.31. The van der Waals surface area contributed by atoms with E-state index in [1.807, 2.05) is 25.1 Å². The van der Waals surface area contributed by atoms with E-state index in [4.69, 9.17) is 0 Å². The molecule has 0 aliphatic carbocycles. The number of rotatable bonds is 1. The molecule has 0 amide bonds. The van der Waals surface area contributed by atoms with Crippen LogP contribution in [0.2, 0.25) is 0 Å². The summed E-state index contributed by atoms with van der Waals surface area (Å²) < 4.78 is 27.3. The molecule has 3 aromatic rings. The number of fused-ring (bicyclic) bond motifs is 1. The Morgan fingerprint density at radius 1 is 1.11 bits per heavy atom. The van der Waals surface area contributed by atoms with Gasteiger partial charge in [0.1, 0.15) is 5.82 Å². The molecule has 0 atom stereocenters. The first-order valence-corrected chi connectivity index (χ1v) is 6.45. The van der Waals surface area contributed by atoms with Crippen LogP contribution >= 0.6 is 15.9 Å². The Kier molecular flexibility index (Phi) is 2.86. The molecule has 0 saturated heterocycles. The maximum Gasteiger partial charge on any atom is 0.161 e. The van der Waals surface area contributed by atoms with E-state index in [1.54, 1.807) is 0 Å². The zero-order valence-electron chi connectivity index (χ0n) is 9.97. The van der Waals surface area contributed by atoms with Crippen LogP contribution in [0, 0.1) is 18.6 Å². The van der Waals surface area contributed by atoms with Gasteiger partial charge in [-0.05, 0) is 24.6 Å². The normalized spacial score (nSPS) is 11.2. The third kappa shape index (κ3) is 2.14. The van der Waals surface area contributed by atoms with Gasteiger partial charge < -0.3 is 4.98 Å². The lowest BCUT2D eigenvalue weighted by Crippen LogP contribution is -1.85. The molecule has 19 heavy (non-hydrogen) atoms. The molecule has 2 nitrogen and oxygen atoms in total. The smallest absolute Gasteiger partial charge is 0.161 e. The number of imidazole rings is 1. The van der Waals surface area contributed by atoms with Gasteiger partial charge in [0.25, 0.3) is 0 Å². The molecule has 0 radical (unpaired) electrons. The number of nitrogens with zero attached hydrogens (tertiary/aromatic N) is 1. The summed E-state index contributed by atoms with van der Waals surface area (Å²) in [6.45, 7) is 1.95. The first-order valence-electron chi connectivity index (χ1n) is 5.66. The topological polar surface area (TPSA) is 28.7 Å². The predicted octanol–water partition coefficient (Wildman–Crippen LogP) is 4.58. The summed E-state index contributed by atoms with van der Waals surface area (Å²) in [6, 6.07) is 8.01. The van der Waals surface area contributed by atoms with E-state index < -0.39 is 11.6 Å². The van der Waals surface area contributed by atoms with Gasteiger partial charge in [-0.3, -0.25) is 0 Å². The average Bonchev–Trinajstić information content (AvgIpc) is 2.75. The molecule has 0 fully saturated rings. The SMILES string of the molecule is Cc1ccc(Br)cc1-c1nc2cc(F)c(F)cc2[nH]1. The summed E-state index contributed by atoms with van der Waals surface area (Å²) in [5.41, 5.74) is 2.82. The van der Waals surface area contributed by atoms with Gasteiger partial charge in [0.15, 0.2) is 11.6 Å². The van der Waals surface area contributed by atoms with Crippen LogP contribution < -0.4 is 0 Å². The lowest BCUT2D eigenvalue weighted by atomic mass is 10.1. The fourth-order valence-corrected chi connectivity index (χ4v) is 2.34. The number of halogens is 3. The summed E-state index contributed by atoms with van der Waals surface area (Å²) in [6.07, 6.45) is 0. The van der Waals surface area contributed by atoms with Crippen LogP contribution in [-0.4, -0.2) is 9.97 Å². The van der Waals surface area contributed by atoms with Gasteiger partial charge in [-0.15, -0.1) is 0 Å². The Bertz CT molecular complexity index is 741. The summed E-state index contributed by atoms with van der Waals surface area (Å²) >= 11 is 3.40. The molecular formula is C14H9BrF2N2. The molecule has 3 rings (SSSR count). The maximum absolute atomic E-state index is 13.2. The van der Waals surface area contributed by atoms with Gasteiger partial charge in [-0.2, -0.15) is 0 Å². The first-order chi connectivity index (χ1) is 9.04. The lowest BCUT2D eigenvalue weighted by Gasteiger charge is -2.02. The van der Waals surface area contributed by atoms with Crippen LogP contribution in [0.25, 0.3) is 22.4 Å². The molecule has 0 aliphatic rings. The van der Waals surface area contributed by atoms with Crippen molar-refractivity contribution in [1.29, 1.82) is 0 Å². The molecule has 0 unspecified atom stereocenters. The van der Waals surface area contributed by atoms with E-state index in [-0.39, 0.29) is 0 Å². The van der Waals surface area contributed by atoms with Crippen LogP contribution in [0.5, 0.6) is 0 Å². The Hall–Kier alpha value is -1.75. The second-order valence-electron chi connectivity index (χ2n) is 4.33. The minimum Gasteiger partial charge on any atom is -0.338 e. The third-order valence-electron chi connectivity index (χ3n) is 2.98. The van der Waals surface area contributed by atoms with Crippen molar-refractivity contribution in [2.75, 3.05) is 0 Å². The lowest BCUT2D eigenvalue weighted by molar-refractivity contribution is 0.510. The molecule has 0 saturated carbocycles. The number of aryl methyl sites for hydroxylation is 1. The van der Waals surface area contributed by atoms with Crippen LogP contribution in [0.3, 0.4) is 0 Å². The monoisotopic (exact) mass is 322 g/mol. The van der Waals surface area contributed by atoms with Gasteiger partial charge in [0.05, 0.1) is 11.0 Å². The number of benzene rings is 2. The highest BCUT2D eigenvalue weighted by atomic mass is 79.9. The molecule has 0 bridgehead atoms. The zero-order chi connectivity index (χ0) is 13.6. The Morgan fingerprint density at radius 3 is 2.63 bits per heavy atom. The van der Waals surface area contributed by atoms with E-state index in [2.05, 4.69) is 25.9 Å². The van der Waals surface area contributed by atoms with Crippen molar-refractivity contribution in [3.63, 3.8) is 0 Å². The van der Waals surface area contributed by atoms with Crippen LogP contribution in [0.4, 0.5) is 8.78 Å². The van der Waals surface area contributed by atoms with E-state index >= 15 is 0 Å². The standard InChI is InChI=1S/C14H9BrF2N2/c1-7-2-3-8(15)4-9(7)14-18-12-5-10(16)11(17)6-13(12)19-14/h2-6H,1H3,(H,18,19). The molecule has 0 spiro atoms. The van der Waals surface area contributed by atoms with Crippen LogP contribution in [0.15, 0.2) is 34.8 Å². The van der Waals surface area contributed by atoms with Gasteiger partial charge >= 0.3 is 0 Å². The molecule has 1 heterocycles. The highest BCUT2D eigenvalue weighted by Gasteiger charge is 2.11. The second-order valence-corrected chi connectivity index (χ2v) is 5.24. The second kappa shape index (κ2) is 4.42. The van der Waals surface area contributed by atoms with Gasteiger partial charge in [0, 0.05) is 22.2 Å². The summed E-state index contributed by atoms with van der Waals surface area (Å²) in [5.74, 6) is -1.18. The number of hydrogen-bond acceptors (Lipinski definition) is 1. The minimum absolute atomic E-state index is 0.410. The third-order valence-corrected chi connectivity index (χ3v) is 3.47. The van der Waals surface area contributed by atoms with Gasteiger partial charge in [0.2, 0.25) is 0 Å². The largest absolute Gasteiger partial charge is 0.338 e. The number of nitrogens with one attached hydrogen (secondary N) is 1. The number of aromatic nitrogens is 2. The Labute approximate surface area is 116 Å². The molecule has 1 aromatic heterocycles. The van der Waals surface area contributed by atoms with E-state index in [9.17, 15) is 8.78 Å². The number of H-pyrrole nitrogens is 1. The zero-order valence-corrected chi connectivity index (χ0v) is 11.6. The summed E-state index contributed by atoms with van der Waals surface area (Å²) in [7, 11) is 0. The Morgan fingerprint density at radius 2 is 1.84 bits per heavy atom. The van der Waals surface area contributed by atoms with Crippen molar-refractivity contribution in [3.8, 4) is 11.4 Å². The van der Waals surface area contributed by atoms with Crippen molar-refractivity contribution in [2.24, 2.45) is 0 Å². The van der Waals surface area contributed by atoms with E-state index in [0.29, 0.717) is 16.9 Å². The molecular weight excluding hydrogens is 314 g/mol. The quantitative estimate of drug-likeness (QED) is 0.698. The van der Waals surface area contributed by atoms with Crippen LogP contribution in [0.1, 0.15) is 5.56 Å². The Balaban J connectivity index is 2.23. The fraction of sp³-hybridized carbons (Fsp3) is 0.0714. The van der Waals surface area contributed by atoms with Crippen molar-refractivity contribution in [3.05, 3.63) is 52.0 Å². The van der Waals surface area contributed by atoms with Crippen molar-refractivity contribution in [1.82, 2.24) is 9.97 Å². The van der Waals surface area contributed by atoms with Crippen molar-refractivity contribution >= 4 is 27.0 Å². The highest BCUT2D eigenvalue weighted by molar-refractivity contribution is 9.10. The van der Waals surface area contributed by atoms with E-state index in [0.717, 1.165) is 27.7 Å². The molecule has 5 heteroatoms. The first kappa shape index (κ1) is 12.3. The molecule has 1 N–H and O–H groups in total. The molecule has 96 valence electrons. The fourth-order valence-electron chi connectivity index (χ4n) is 1.98. The van der Waals surface area contributed by atoms with Crippen LogP contribution in [-0.2, 0) is 0 Å². The molecule has 2 aromatic carbocycles. The van der Waals surface area contributed by atoms with Gasteiger partial charge in [-0.25, -0.2) is 13.8 Å². The maximum atomic E-state index is 13.2. The average molecular weight is 323 g/mol. The summed E-state index contributed by atoms with van der Waals surface area (Å²) in [5, 5.41) is 0. The number of aromatic amines is 1.